The molecule has 15 heteroatoms. The summed E-state index contributed by atoms with van der Waals surface area (Å²) in [6, 6.07) is 13.2. The molecule has 0 unspecified atom stereocenters. The first-order valence-corrected chi connectivity index (χ1v) is 16.5. The maximum atomic E-state index is 14.0. The van der Waals surface area contributed by atoms with Crippen molar-refractivity contribution in [3.05, 3.63) is 94.5 Å². The number of rotatable bonds is 15. The van der Waals surface area contributed by atoms with Crippen LogP contribution in [0.2, 0.25) is 5.02 Å². The molecule has 0 saturated carbocycles. The van der Waals surface area contributed by atoms with Crippen LogP contribution in [0.1, 0.15) is 62.1 Å². The van der Waals surface area contributed by atoms with Crippen LogP contribution in [0.5, 0.6) is 11.5 Å². The standard InChI is InChI=1S/C37H41ClF3N3O8/c1-21(2)30(32(46)37(39,40)41)43-35(49)31(23-13-15-26(50-6)16-14-23)44-34(48)28(18-22-9-7-11-25(38)17-22)42-33(47)24-10-8-12-27(19-24)51-20-29(45)52-36(3,4)5/h7-17,19,21,28,30-31H,18,20H2,1-6H3,(H,42,47)(H,43,49)(H,44,48)/t28-,30-,31-/m0/s1. The fourth-order valence-electron chi connectivity index (χ4n) is 4.88. The van der Waals surface area contributed by atoms with E-state index in [2.05, 4.69) is 16.0 Å². The minimum Gasteiger partial charge on any atom is -0.497 e. The maximum absolute atomic E-state index is 14.0. The lowest BCUT2D eigenvalue weighted by Gasteiger charge is -2.27. The molecule has 3 rings (SSSR count). The van der Waals surface area contributed by atoms with Gasteiger partial charge < -0.3 is 30.2 Å². The van der Waals surface area contributed by atoms with E-state index in [-0.39, 0.29) is 23.3 Å². The number of esters is 1. The van der Waals surface area contributed by atoms with Gasteiger partial charge in [0.15, 0.2) is 6.61 Å². The number of hydrogen-bond acceptors (Lipinski definition) is 8. The van der Waals surface area contributed by atoms with E-state index in [0.717, 1.165) is 0 Å². The van der Waals surface area contributed by atoms with E-state index in [1.807, 2.05) is 0 Å². The van der Waals surface area contributed by atoms with Gasteiger partial charge in [0.25, 0.3) is 11.7 Å². The lowest BCUT2D eigenvalue weighted by Crippen LogP contribution is -2.55. The SMILES string of the molecule is COc1ccc([C@H](NC(=O)[C@H](Cc2cccc(Cl)c2)NC(=O)c2cccc(OCC(=O)OC(C)(C)C)c2)C(=O)N[C@H](C(=O)C(F)(F)F)C(C)C)cc1. The van der Waals surface area contributed by atoms with Crippen molar-refractivity contribution < 1.29 is 51.4 Å². The number of alkyl halides is 3. The molecule has 3 N–H and O–H groups in total. The van der Waals surface area contributed by atoms with Gasteiger partial charge in [-0.3, -0.25) is 19.2 Å². The summed E-state index contributed by atoms with van der Waals surface area (Å²) in [5.41, 5.74) is 0.00462. The van der Waals surface area contributed by atoms with Crippen LogP contribution in [0.4, 0.5) is 13.2 Å². The Bertz CT molecular complexity index is 1740. The topological polar surface area (TPSA) is 149 Å². The average Bonchev–Trinajstić information content (AvgIpc) is 3.06. The van der Waals surface area contributed by atoms with Crippen LogP contribution in [0, 0.1) is 5.92 Å². The van der Waals surface area contributed by atoms with Gasteiger partial charge in [0.2, 0.25) is 11.8 Å². The molecule has 11 nitrogen and oxygen atoms in total. The van der Waals surface area contributed by atoms with E-state index in [0.29, 0.717) is 16.3 Å². The summed E-state index contributed by atoms with van der Waals surface area (Å²) in [6.45, 7) is 7.36. The molecule has 3 amide bonds. The maximum Gasteiger partial charge on any atom is 0.452 e. The molecule has 0 bridgehead atoms. The molecule has 0 aromatic heterocycles. The Hall–Kier alpha value is -5.11. The van der Waals surface area contributed by atoms with Crippen molar-refractivity contribution >= 4 is 41.1 Å². The normalized spacial score (nSPS) is 13.3. The van der Waals surface area contributed by atoms with Gasteiger partial charge in [-0.25, -0.2) is 4.79 Å². The highest BCUT2D eigenvalue weighted by Crippen LogP contribution is 2.24. The van der Waals surface area contributed by atoms with E-state index in [1.54, 1.807) is 45.0 Å². The predicted octanol–water partition coefficient (Wildman–Crippen LogP) is 5.54. The van der Waals surface area contributed by atoms with Crippen molar-refractivity contribution in [1.82, 2.24) is 16.0 Å². The predicted molar refractivity (Wildman–Crippen MR) is 186 cm³/mol. The Labute approximate surface area is 304 Å². The number of nitrogens with one attached hydrogen (secondary N) is 3. The summed E-state index contributed by atoms with van der Waals surface area (Å²) in [7, 11) is 1.41. The van der Waals surface area contributed by atoms with Crippen molar-refractivity contribution in [2.45, 2.75) is 70.9 Å². The molecule has 0 radical (unpaired) electrons. The summed E-state index contributed by atoms with van der Waals surface area (Å²) >= 11 is 6.17. The van der Waals surface area contributed by atoms with Gasteiger partial charge in [-0.15, -0.1) is 0 Å². The molecule has 52 heavy (non-hydrogen) atoms. The van der Waals surface area contributed by atoms with Gasteiger partial charge in [0.1, 0.15) is 29.2 Å². The number of ketones is 1. The monoisotopic (exact) mass is 747 g/mol. The van der Waals surface area contributed by atoms with Gasteiger partial charge in [-0.05, 0) is 80.3 Å². The Kier molecular flexibility index (Phi) is 14.2. The van der Waals surface area contributed by atoms with Crippen LogP contribution in [0.15, 0.2) is 72.8 Å². The molecule has 3 aromatic rings. The Morgan fingerprint density at radius 3 is 2.04 bits per heavy atom. The zero-order chi connectivity index (χ0) is 38.8. The van der Waals surface area contributed by atoms with Gasteiger partial charge in [-0.1, -0.05) is 55.8 Å². The largest absolute Gasteiger partial charge is 0.497 e. The third-order valence-corrected chi connectivity index (χ3v) is 7.58. The van der Waals surface area contributed by atoms with Crippen LogP contribution < -0.4 is 25.4 Å². The summed E-state index contributed by atoms with van der Waals surface area (Å²) < 4.78 is 56.2. The van der Waals surface area contributed by atoms with Crippen molar-refractivity contribution in [2.75, 3.05) is 13.7 Å². The molecular formula is C37H41ClF3N3O8. The first-order valence-electron chi connectivity index (χ1n) is 16.1. The molecule has 3 atom stereocenters. The number of hydrogen-bond donors (Lipinski definition) is 3. The molecule has 0 spiro atoms. The van der Waals surface area contributed by atoms with E-state index >= 15 is 0 Å². The van der Waals surface area contributed by atoms with Gasteiger partial charge >= 0.3 is 12.1 Å². The summed E-state index contributed by atoms with van der Waals surface area (Å²) in [5, 5.41) is 7.68. The second-order valence-corrected chi connectivity index (χ2v) is 13.5. The lowest BCUT2D eigenvalue weighted by atomic mass is 9.97. The van der Waals surface area contributed by atoms with Gasteiger partial charge in [-0.2, -0.15) is 13.2 Å². The fraction of sp³-hybridized carbons (Fsp3) is 0.378. The molecular weight excluding hydrogens is 707 g/mol. The highest BCUT2D eigenvalue weighted by atomic mass is 35.5. The Morgan fingerprint density at radius 1 is 0.808 bits per heavy atom. The smallest absolute Gasteiger partial charge is 0.452 e. The second-order valence-electron chi connectivity index (χ2n) is 13.1. The Morgan fingerprint density at radius 2 is 1.46 bits per heavy atom. The average molecular weight is 748 g/mol. The zero-order valence-electron chi connectivity index (χ0n) is 29.4. The zero-order valence-corrected chi connectivity index (χ0v) is 30.2. The molecule has 0 aliphatic heterocycles. The molecule has 0 fully saturated rings. The third kappa shape index (κ3) is 12.6. The molecule has 3 aromatic carbocycles. The Balaban J connectivity index is 1.93. The number of ether oxygens (including phenoxy) is 3. The van der Waals surface area contributed by atoms with Crippen LogP contribution in [0.25, 0.3) is 0 Å². The van der Waals surface area contributed by atoms with Crippen LogP contribution in [0.3, 0.4) is 0 Å². The van der Waals surface area contributed by atoms with Crippen molar-refractivity contribution in [3.63, 3.8) is 0 Å². The highest BCUT2D eigenvalue weighted by Gasteiger charge is 2.45. The van der Waals surface area contributed by atoms with Crippen LogP contribution in [-0.4, -0.2) is 67.1 Å². The van der Waals surface area contributed by atoms with Crippen LogP contribution >= 0.6 is 11.6 Å². The number of benzene rings is 3. The molecule has 280 valence electrons. The minimum absolute atomic E-state index is 0.0560. The summed E-state index contributed by atoms with van der Waals surface area (Å²) in [5.74, 6) is -5.89. The summed E-state index contributed by atoms with van der Waals surface area (Å²) in [6.07, 6.45) is -5.35. The summed E-state index contributed by atoms with van der Waals surface area (Å²) in [4.78, 5) is 65.5. The number of methoxy groups -OCH3 is 1. The number of halogens is 4. The van der Waals surface area contributed by atoms with E-state index in [1.165, 1.54) is 69.5 Å². The third-order valence-electron chi connectivity index (χ3n) is 7.35. The highest BCUT2D eigenvalue weighted by molar-refractivity contribution is 6.30. The quantitative estimate of drug-likeness (QED) is 0.172. The lowest BCUT2D eigenvalue weighted by molar-refractivity contribution is -0.175. The van der Waals surface area contributed by atoms with E-state index in [4.69, 9.17) is 25.8 Å². The number of carbonyl (C=O) groups excluding carboxylic acids is 5. The minimum atomic E-state index is -5.23. The van der Waals surface area contributed by atoms with Crippen molar-refractivity contribution in [2.24, 2.45) is 5.92 Å². The first kappa shape index (κ1) is 41.3. The van der Waals surface area contributed by atoms with E-state index in [9.17, 15) is 37.1 Å². The van der Waals surface area contributed by atoms with E-state index < -0.39 is 71.9 Å². The van der Waals surface area contributed by atoms with Gasteiger partial charge in [0, 0.05) is 17.0 Å². The number of carbonyl (C=O) groups is 5. The van der Waals surface area contributed by atoms with Crippen LogP contribution in [-0.2, 0) is 30.3 Å². The molecule has 0 aliphatic rings. The van der Waals surface area contributed by atoms with Gasteiger partial charge in [0.05, 0.1) is 13.2 Å². The second kappa shape index (κ2) is 17.9. The van der Waals surface area contributed by atoms with Crippen molar-refractivity contribution in [3.8, 4) is 11.5 Å². The fourth-order valence-corrected chi connectivity index (χ4v) is 5.09. The first-order chi connectivity index (χ1) is 24.3. The number of amides is 3. The molecule has 0 heterocycles. The molecule has 0 saturated heterocycles. The molecule has 0 aliphatic carbocycles. The number of Topliss-reactive ketones (excluding diaryl/α,β-unsaturated/α-hetero) is 1. The van der Waals surface area contributed by atoms with Crippen molar-refractivity contribution in [1.29, 1.82) is 0 Å².